The van der Waals surface area contributed by atoms with Gasteiger partial charge in [0.15, 0.2) is 5.82 Å². The lowest BCUT2D eigenvalue weighted by atomic mass is 10.0. The zero-order chi connectivity index (χ0) is 16.9. The van der Waals surface area contributed by atoms with Crippen molar-refractivity contribution in [1.82, 2.24) is 20.1 Å². The summed E-state index contributed by atoms with van der Waals surface area (Å²) >= 11 is 1.65. The summed E-state index contributed by atoms with van der Waals surface area (Å²) in [6.45, 7) is 4.80. The second-order valence-electron chi connectivity index (χ2n) is 5.70. The number of rotatable bonds is 6. The van der Waals surface area contributed by atoms with Crippen molar-refractivity contribution in [3.8, 4) is 11.4 Å². The predicted octanol–water partition coefficient (Wildman–Crippen LogP) is 3.97. The molecule has 3 aromatic rings. The third-order valence-electron chi connectivity index (χ3n) is 4.14. The molecule has 0 saturated heterocycles. The lowest BCUT2D eigenvalue weighted by Crippen LogP contribution is -2.38. The first kappa shape index (κ1) is 16.4. The van der Waals surface area contributed by atoms with Crippen molar-refractivity contribution in [2.45, 2.75) is 32.9 Å². The Kier molecular flexibility index (Phi) is 5.05. The van der Waals surface area contributed by atoms with Gasteiger partial charge in [-0.05, 0) is 41.8 Å². The smallest absolute Gasteiger partial charge is 0.255 e. The Morgan fingerprint density at radius 1 is 1.33 bits per heavy atom. The van der Waals surface area contributed by atoms with Crippen LogP contribution in [0.15, 0.2) is 47.4 Å². The maximum absolute atomic E-state index is 13.3. The van der Waals surface area contributed by atoms with Crippen molar-refractivity contribution in [3.05, 3.63) is 58.5 Å². The lowest BCUT2D eigenvalue weighted by Gasteiger charge is -2.29. The largest absolute Gasteiger partial charge is 0.332 e. The van der Waals surface area contributed by atoms with E-state index in [0.29, 0.717) is 17.9 Å². The molecule has 0 aliphatic heterocycles. The molecule has 5 nitrogen and oxygen atoms in total. The third kappa shape index (κ3) is 3.38. The molecule has 0 aliphatic carbocycles. The van der Waals surface area contributed by atoms with E-state index in [4.69, 9.17) is 0 Å². The van der Waals surface area contributed by atoms with Crippen LogP contribution in [-0.2, 0) is 6.54 Å². The van der Waals surface area contributed by atoms with Gasteiger partial charge < -0.3 is 4.90 Å². The summed E-state index contributed by atoms with van der Waals surface area (Å²) in [5.41, 5.74) is 2.58. The van der Waals surface area contributed by atoms with Crippen LogP contribution < -0.4 is 0 Å². The Balaban J connectivity index is 1.96. The summed E-state index contributed by atoms with van der Waals surface area (Å²) in [5, 5.41) is 10.9. The van der Waals surface area contributed by atoms with Crippen LogP contribution in [0.25, 0.3) is 11.4 Å². The molecule has 0 saturated carbocycles. The Morgan fingerprint density at radius 3 is 2.83 bits per heavy atom. The first-order valence-corrected chi connectivity index (χ1v) is 8.91. The molecule has 0 aliphatic rings. The molecule has 24 heavy (non-hydrogen) atoms. The normalized spacial score (nSPS) is 12.1. The fourth-order valence-corrected chi connectivity index (χ4v) is 3.25. The van der Waals surface area contributed by atoms with Crippen molar-refractivity contribution in [1.29, 1.82) is 0 Å². The summed E-state index contributed by atoms with van der Waals surface area (Å²) in [5.74, 6) is 0.626. The number of hydrogen-bond acceptors (Lipinski definition) is 4. The number of hydrogen-bond donors (Lipinski definition) is 1. The number of amides is 1. The molecule has 2 aromatic heterocycles. The van der Waals surface area contributed by atoms with Crippen LogP contribution in [0.2, 0.25) is 0 Å². The molecule has 0 radical (unpaired) electrons. The highest BCUT2D eigenvalue weighted by Crippen LogP contribution is 2.24. The van der Waals surface area contributed by atoms with Crippen LogP contribution in [0.4, 0.5) is 0 Å². The van der Waals surface area contributed by atoms with Crippen molar-refractivity contribution < 1.29 is 4.79 Å². The average molecular weight is 340 g/mol. The maximum atomic E-state index is 13.3. The number of benzene rings is 1. The Labute approximate surface area is 145 Å². The Bertz CT molecular complexity index is 783. The second-order valence-corrected chi connectivity index (χ2v) is 6.48. The minimum absolute atomic E-state index is 0.0163. The molecule has 124 valence electrons. The molecule has 1 unspecified atom stereocenters. The highest BCUT2D eigenvalue weighted by Gasteiger charge is 2.24. The van der Waals surface area contributed by atoms with Crippen LogP contribution in [0.3, 0.4) is 0 Å². The van der Waals surface area contributed by atoms with Gasteiger partial charge in [-0.3, -0.25) is 9.89 Å². The fraction of sp³-hybridized carbons (Fsp3) is 0.278. The summed E-state index contributed by atoms with van der Waals surface area (Å²) < 4.78 is 0. The van der Waals surface area contributed by atoms with Gasteiger partial charge in [0, 0.05) is 18.2 Å². The van der Waals surface area contributed by atoms with Gasteiger partial charge in [-0.25, -0.2) is 4.98 Å². The van der Waals surface area contributed by atoms with Gasteiger partial charge in [0.25, 0.3) is 5.91 Å². The molecule has 3 rings (SSSR count). The quantitative estimate of drug-likeness (QED) is 0.738. The number of aromatic amines is 1. The van der Waals surface area contributed by atoms with Crippen molar-refractivity contribution in [3.63, 3.8) is 0 Å². The van der Waals surface area contributed by atoms with Crippen LogP contribution in [0.5, 0.6) is 0 Å². The van der Waals surface area contributed by atoms with Gasteiger partial charge >= 0.3 is 0 Å². The number of nitrogens with zero attached hydrogens (tertiary/aromatic N) is 3. The molecular formula is C18H20N4OS. The van der Waals surface area contributed by atoms with E-state index < -0.39 is 0 Å². The van der Waals surface area contributed by atoms with E-state index in [1.807, 2.05) is 34.5 Å². The minimum Gasteiger partial charge on any atom is -0.332 e. The maximum Gasteiger partial charge on any atom is 0.255 e. The van der Waals surface area contributed by atoms with E-state index in [1.165, 1.54) is 6.33 Å². The van der Waals surface area contributed by atoms with Gasteiger partial charge in [0.1, 0.15) is 6.33 Å². The first-order chi connectivity index (χ1) is 11.7. The van der Waals surface area contributed by atoms with Gasteiger partial charge in [0.2, 0.25) is 0 Å². The SMILES string of the molecule is CCC(C)N(Cc1ccsc1)C(=O)c1ccccc1-c1ncn[nH]1. The van der Waals surface area contributed by atoms with E-state index in [2.05, 4.69) is 40.5 Å². The summed E-state index contributed by atoms with van der Waals surface area (Å²) in [4.78, 5) is 19.4. The molecular weight excluding hydrogens is 320 g/mol. The van der Waals surface area contributed by atoms with Gasteiger partial charge in [-0.2, -0.15) is 16.4 Å². The monoisotopic (exact) mass is 340 g/mol. The van der Waals surface area contributed by atoms with E-state index >= 15 is 0 Å². The van der Waals surface area contributed by atoms with E-state index in [1.54, 1.807) is 11.3 Å². The molecule has 1 atom stereocenters. The second kappa shape index (κ2) is 7.40. The summed E-state index contributed by atoms with van der Waals surface area (Å²) in [6.07, 6.45) is 2.36. The standard InChI is InChI=1S/C18H20N4OS/c1-3-13(2)22(10-14-8-9-24-11-14)18(23)16-7-5-4-6-15(16)17-19-12-20-21-17/h4-9,11-13H,3,10H2,1-2H3,(H,19,20,21). The molecule has 6 heteroatoms. The lowest BCUT2D eigenvalue weighted by molar-refractivity contribution is 0.0672. The van der Waals surface area contributed by atoms with E-state index in [0.717, 1.165) is 17.5 Å². The van der Waals surface area contributed by atoms with Crippen molar-refractivity contribution >= 4 is 17.2 Å². The van der Waals surface area contributed by atoms with Crippen LogP contribution in [0, 0.1) is 0 Å². The number of nitrogens with one attached hydrogen (secondary N) is 1. The number of H-pyrrole nitrogens is 1. The van der Waals surface area contributed by atoms with Crippen LogP contribution in [0.1, 0.15) is 36.2 Å². The number of aromatic nitrogens is 3. The van der Waals surface area contributed by atoms with Gasteiger partial charge in [0.05, 0.1) is 5.56 Å². The zero-order valence-corrected chi connectivity index (χ0v) is 14.6. The number of carbonyl (C=O) groups is 1. The number of thiophene rings is 1. The topological polar surface area (TPSA) is 61.9 Å². The Hall–Kier alpha value is -2.47. The molecule has 1 aromatic carbocycles. The third-order valence-corrected chi connectivity index (χ3v) is 4.88. The zero-order valence-electron chi connectivity index (χ0n) is 13.8. The fourth-order valence-electron chi connectivity index (χ4n) is 2.59. The van der Waals surface area contributed by atoms with Crippen LogP contribution in [-0.4, -0.2) is 32.0 Å². The molecule has 2 heterocycles. The number of carbonyl (C=O) groups excluding carboxylic acids is 1. The van der Waals surface area contributed by atoms with Crippen LogP contribution >= 0.6 is 11.3 Å². The van der Waals surface area contributed by atoms with E-state index in [-0.39, 0.29) is 11.9 Å². The highest BCUT2D eigenvalue weighted by atomic mass is 32.1. The average Bonchev–Trinajstić information content (AvgIpc) is 3.32. The first-order valence-electron chi connectivity index (χ1n) is 7.97. The van der Waals surface area contributed by atoms with Gasteiger partial charge in [-0.1, -0.05) is 25.1 Å². The molecule has 1 N–H and O–H groups in total. The molecule has 1 amide bonds. The highest BCUT2D eigenvalue weighted by molar-refractivity contribution is 7.07. The molecule has 0 spiro atoms. The molecule has 0 fully saturated rings. The van der Waals surface area contributed by atoms with Crippen molar-refractivity contribution in [2.24, 2.45) is 0 Å². The van der Waals surface area contributed by atoms with E-state index in [9.17, 15) is 4.79 Å². The summed E-state index contributed by atoms with van der Waals surface area (Å²) in [7, 11) is 0. The minimum atomic E-state index is 0.0163. The Morgan fingerprint density at radius 2 is 2.17 bits per heavy atom. The molecule has 0 bridgehead atoms. The van der Waals surface area contributed by atoms with Gasteiger partial charge in [-0.15, -0.1) is 0 Å². The predicted molar refractivity (Wildman–Crippen MR) is 95.8 cm³/mol. The van der Waals surface area contributed by atoms with Crippen molar-refractivity contribution in [2.75, 3.05) is 0 Å². The summed E-state index contributed by atoms with van der Waals surface area (Å²) in [6, 6.07) is 9.75.